The van der Waals surface area contributed by atoms with Crippen molar-refractivity contribution >= 4 is 36.7 Å². The van der Waals surface area contributed by atoms with Gasteiger partial charge in [-0.25, -0.2) is 0 Å². The number of carboxylic acids is 1. The number of fused-ring (bicyclic) bond motifs is 1. The minimum absolute atomic E-state index is 0.222. The Balaban J connectivity index is 0.000000249. The van der Waals surface area contributed by atoms with Gasteiger partial charge in [-0.2, -0.15) is 0 Å². The van der Waals surface area contributed by atoms with Gasteiger partial charge in [0, 0.05) is 6.42 Å². The Hall–Kier alpha value is -0.710. The van der Waals surface area contributed by atoms with E-state index >= 15 is 0 Å². The van der Waals surface area contributed by atoms with Gasteiger partial charge in [-0.15, -0.1) is 0 Å². The summed E-state index contributed by atoms with van der Waals surface area (Å²) in [5.41, 5.74) is 1.39. The fourth-order valence-corrected chi connectivity index (χ4v) is 2.23. The number of hydrogen-bond donors (Lipinski definition) is 1. The number of ether oxygens (including phenoxy) is 2. The molecule has 0 atom stereocenters. The first-order valence-electron chi connectivity index (χ1n) is 5.69. The molecule has 0 aliphatic carbocycles. The first-order chi connectivity index (χ1) is 8.08. The number of hydrogen-bond acceptors (Lipinski definition) is 3. The molecule has 1 heterocycles. The average Bonchev–Trinajstić information content (AvgIpc) is 2.75. The van der Waals surface area contributed by atoms with E-state index in [2.05, 4.69) is 19.1 Å². The van der Waals surface area contributed by atoms with Crippen molar-refractivity contribution in [2.75, 3.05) is 6.79 Å². The van der Waals surface area contributed by atoms with E-state index in [4.69, 9.17) is 14.6 Å². The minimum atomic E-state index is -0.745. The number of benzene rings is 1. The van der Waals surface area contributed by atoms with Gasteiger partial charge in [0.2, 0.25) is 0 Å². The van der Waals surface area contributed by atoms with Crippen molar-refractivity contribution in [3.63, 3.8) is 0 Å². The Morgan fingerprint density at radius 2 is 1.88 bits per heavy atom. The third kappa shape index (κ3) is 4.22. The van der Waals surface area contributed by atoms with Crippen LogP contribution in [0.15, 0.2) is 12.1 Å². The second-order valence-electron chi connectivity index (χ2n) is 3.73. The third-order valence-electron chi connectivity index (χ3n) is 2.51. The van der Waals surface area contributed by atoms with Crippen molar-refractivity contribution in [2.45, 2.75) is 26.7 Å². The van der Waals surface area contributed by atoms with Crippen molar-refractivity contribution in [1.82, 2.24) is 0 Å². The molecular formula is C12H15NaO4. The van der Waals surface area contributed by atoms with Crippen molar-refractivity contribution in [3.8, 4) is 11.5 Å². The van der Waals surface area contributed by atoms with Crippen molar-refractivity contribution < 1.29 is 19.4 Å². The summed E-state index contributed by atoms with van der Waals surface area (Å²) in [6, 6.07) is 4.21. The Morgan fingerprint density at radius 1 is 1.35 bits per heavy atom. The molecule has 0 spiro atoms. The molecule has 0 bridgehead atoms. The molecule has 4 nitrogen and oxygen atoms in total. The normalized spacial score (nSPS) is 11.8. The molecule has 1 aliphatic heterocycles. The zero-order chi connectivity index (χ0) is 12.8. The Labute approximate surface area is 118 Å². The number of carboxylic acid groups (broad SMARTS) is 1. The molecule has 0 saturated carbocycles. The van der Waals surface area contributed by atoms with Crippen LogP contribution in [0, 0.1) is 0 Å². The average molecular weight is 246 g/mol. The van der Waals surface area contributed by atoms with E-state index in [1.807, 2.05) is 0 Å². The van der Waals surface area contributed by atoms with Crippen LogP contribution in [0.25, 0.3) is 0 Å². The second-order valence-corrected chi connectivity index (χ2v) is 4.81. The molecule has 5 heteroatoms. The van der Waals surface area contributed by atoms with Crippen LogP contribution in [0.5, 0.6) is 11.5 Å². The van der Waals surface area contributed by atoms with E-state index in [-0.39, 0.29) is 6.42 Å². The Morgan fingerprint density at radius 3 is 2.35 bits per heavy atom. The van der Waals surface area contributed by atoms with Crippen molar-refractivity contribution in [3.05, 3.63) is 17.7 Å². The molecule has 0 amide bonds. The van der Waals surface area contributed by atoms with Gasteiger partial charge < -0.3 is 5.11 Å². The van der Waals surface area contributed by atoms with Gasteiger partial charge >= 0.3 is 95.5 Å². The Kier molecular flexibility index (Phi) is 5.82. The number of rotatable bonds is 2. The molecule has 0 saturated heterocycles. The van der Waals surface area contributed by atoms with E-state index in [0.717, 1.165) is 45.9 Å². The van der Waals surface area contributed by atoms with Gasteiger partial charge in [-0.05, 0) is 0 Å². The monoisotopic (exact) mass is 246 g/mol. The summed E-state index contributed by atoms with van der Waals surface area (Å²) in [5.74, 6) is 1.08. The quantitative estimate of drug-likeness (QED) is 0.798. The first kappa shape index (κ1) is 14.4. The van der Waals surface area contributed by atoms with Gasteiger partial charge in [0.25, 0.3) is 0 Å². The standard InChI is InChI=1S/C9H9O2.C3H6O2.Na/c1-2-7-3-4-8-9(5-7)11-6-10-8;1-2-3(4)5;/h4-5H,2,6H2,1H3;2H2,1H3,(H,4,5);. The van der Waals surface area contributed by atoms with Gasteiger partial charge in [0.05, 0.1) is 0 Å². The second kappa shape index (κ2) is 6.89. The van der Waals surface area contributed by atoms with Crippen LogP contribution in [0.4, 0.5) is 0 Å². The summed E-state index contributed by atoms with van der Waals surface area (Å²) in [6.07, 6.45) is 1.30. The van der Waals surface area contributed by atoms with Crippen molar-refractivity contribution in [2.24, 2.45) is 0 Å². The molecule has 0 unspecified atom stereocenters. The van der Waals surface area contributed by atoms with Gasteiger partial charge in [0.1, 0.15) is 0 Å². The maximum absolute atomic E-state index is 9.37. The van der Waals surface area contributed by atoms with Crippen LogP contribution in [0.3, 0.4) is 0 Å². The van der Waals surface area contributed by atoms with E-state index in [9.17, 15) is 4.79 Å². The summed E-state index contributed by atoms with van der Waals surface area (Å²) in [5, 5.41) is 7.72. The molecule has 1 aliphatic rings. The summed E-state index contributed by atoms with van der Waals surface area (Å²) in [6.45, 7) is 4.14. The van der Waals surface area contributed by atoms with E-state index in [0.29, 0.717) is 6.79 Å². The molecule has 0 radical (unpaired) electrons. The SMILES string of the molecule is CCC(=O)O.CCc1cc2c(c[c]1[Na])OCO2. The summed E-state index contributed by atoms with van der Waals surface area (Å²) in [7, 11) is 0. The molecule has 88 valence electrons. The van der Waals surface area contributed by atoms with E-state index < -0.39 is 5.97 Å². The number of aryl methyl sites for hydroxylation is 1. The van der Waals surface area contributed by atoms with Crippen LogP contribution >= 0.6 is 0 Å². The third-order valence-corrected chi connectivity index (χ3v) is 3.45. The van der Waals surface area contributed by atoms with E-state index in [1.54, 1.807) is 6.92 Å². The van der Waals surface area contributed by atoms with Crippen molar-refractivity contribution in [1.29, 1.82) is 0 Å². The predicted molar refractivity (Wildman–Crippen MR) is 65.3 cm³/mol. The number of carbonyl (C=O) groups is 1. The first-order valence-corrected chi connectivity index (χ1v) is 6.69. The molecule has 17 heavy (non-hydrogen) atoms. The molecule has 1 N–H and O–H groups in total. The summed E-state index contributed by atoms with van der Waals surface area (Å²) < 4.78 is 12.0. The zero-order valence-electron chi connectivity index (χ0n) is 10.4. The fraction of sp³-hybridized carbons (Fsp3) is 0.417. The summed E-state index contributed by atoms with van der Waals surface area (Å²) in [4.78, 5) is 9.37. The topological polar surface area (TPSA) is 55.8 Å². The van der Waals surface area contributed by atoms with E-state index in [1.165, 1.54) is 8.38 Å². The predicted octanol–water partition coefficient (Wildman–Crippen LogP) is 1.25. The number of aliphatic carboxylic acids is 1. The zero-order valence-corrected chi connectivity index (χ0v) is 12.4. The van der Waals surface area contributed by atoms with Gasteiger partial charge in [-0.3, -0.25) is 4.79 Å². The van der Waals surface area contributed by atoms with Crippen LogP contribution in [0.2, 0.25) is 0 Å². The molecule has 1 aromatic rings. The molecule has 0 fully saturated rings. The molecule has 2 rings (SSSR count). The van der Waals surface area contributed by atoms with Crippen LogP contribution < -0.4 is 12.3 Å². The van der Waals surface area contributed by atoms with Crippen LogP contribution in [-0.4, -0.2) is 45.8 Å². The summed E-state index contributed by atoms with van der Waals surface area (Å²) >= 11 is 1.08. The van der Waals surface area contributed by atoms with Crippen LogP contribution in [0.1, 0.15) is 25.8 Å². The molecule has 0 aromatic heterocycles. The van der Waals surface area contributed by atoms with Gasteiger partial charge in [0.15, 0.2) is 0 Å². The molecule has 1 aromatic carbocycles. The fourth-order valence-electron chi connectivity index (χ4n) is 1.47. The molecular weight excluding hydrogens is 231 g/mol. The van der Waals surface area contributed by atoms with Crippen LogP contribution in [-0.2, 0) is 11.2 Å². The Bertz CT molecular complexity index is 403. The van der Waals surface area contributed by atoms with Gasteiger partial charge in [-0.1, -0.05) is 6.92 Å². The maximum atomic E-state index is 9.37.